The number of anilines is 1. The quantitative estimate of drug-likeness (QED) is 0.698. The van der Waals surface area contributed by atoms with E-state index in [0.29, 0.717) is 0 Å². The van der Waals surface area contributed by atoms with E-state index in [1.54, 1.807) is 7.05 Å². The molecular weight excluding hydrogens is 180 g/mol. The fourth-order valence-electron chi connectivity index (χ4n) is 1.27. The van der Waals surface area contributed by atoms with Gasteiger partial charge in [0.25, 0.3) is 0 Å². The van der Waals surface area contributed by atoms with E-state index in [1.807, 2.05) is 31.2 Å². The summed E-state index contributed by atoms with van der Waals surface area (Å²) in [4.78, 5) is 12.2. The molecule has 1 aromatic carbocycles. The van der Waals surface area contributed by atoms with Crippen molar-refractivity contribution in [2.75, 3.05) is 11.9 Å². The highest BCUT2D eigenvalue weighted by atomic mass is 16.4. The first-order chi connectivity index (χ1) is 6.54. The van der Waals surface area contributed by atoms with Gasteiger partial charge in [0.1, 0.15) is 0 Å². The molecule has 76 valence electrons. The summed E-state index contributed by atoms with van der Waals surface area (Å²) in [5, 5.41) is 8.74. The van der Waals surface area contributed by atoms with Gasteiger partial charge in [-0.05, 0) is 18.6 Å². The SMILES string of the molecule is Cc1ccccc1N(C)C(N)C(=O)O. The number of likely N-dealkylation sites (N-methyl/N-ethyl adjacent to an activating group) is 1. The standard InChI is InChI=1S/C10H14N2O2/c1-7-5-3-4-6-8(7)12(2)9(11)10(13)14/h3-6,9H,11H2,1-2H3,(H,13,14). The van der Waals surface area contributed by atoms with Gasteiger partial charge in [-0.15, -0.1) is 0 Å². The number of carboxylic acids is 1. The van der Waals surface area contributed by atoms with Gasteiger partial charge in [0, 0.05) is 12.7 Å². The Bertz CT molecular complexity index is 339. The summed E-state index contributed by atoms with van der Waals surface area (Å²) in [5.74, 6) is -1.03. The van der Waals surface area contributed by atoms with Crippen LogP contribution >= 0.6 is 0 Å². The van der Waals surface area contributed by atoms with Gasteiger partial charge in [-0.1, -0.05) is 18.2 Å². The molecule has 4 heteroatoms. The summed E-state index contributed by atoms with van der Waals surface area (Å²) in [5.41, 5.74) is 7.33. The van der Waals surface area contributed by atoms with Gasteiger partial charge in [-0.2, -0.15) is 0 Å². The van der Waals surface area contributed by atoms with Gasteiger partial charge in [-0.25, -0.2) is 4.79 Å². The number of para-hydroxylation sites is 1. The lowest BCUT2D eigenvalue weighted by atomic mass is 10.2. The molecule has 0 bridgehead atoms. The zero-order chi connectivity index (χ0) is 10.7. The Hall–Kier alpha value is -1.55. The summed E-state index contributed by atoms with van der Waals surface area (Å²) < 4.78 is 0. The Morgan fingerprint density at radius 3 is 2.57 bits per heavy atom. The van der Waals surface area contributed by atoms with Crippen LogP contribution in [-0.4, -0.2) is 24.3 Å². The summed E-state index contributed by atoms with van der Waals surface area (Å²) in [6, 6.07) is 7.52. The molecule has 0 saturated carbocycles. The predicted molar refractivity (Wildman–Crippen MR) is 55.2 cm³/mol. The fraction of sp³-hybridized carbons (Fsp3) is 0.300. The molecule has 0 fully saturated rings. The van der Waals surface area contributed by atoms with Crippen molar-refractivity contribution in [3.63, 3.8) is 0 Å². The van der Waals surface area contributed by atoms with Crippen LogP contribution in [0.1, 0.15) is 5.56 Å². The minimum Gasteiger partial charge on any atom is -0.479 e. The maximum Gasteiger partial charge on any atom is 0.341 e. The lowest BCUT2D eigenvalue weighted by Gasteiger charge is -2.24. The lowest BCUT2D eigenvalue weighted by Crippen LogP contribution is -2.45. The van der Waals surface area contributed by atoms with E-state index in [1.165, 1.54) is 4.90 Å². The second-order valence-corrected chi connectivity index (χ2v) is 3.18. The maximum absolute atomic E-state index is 10.7. The highest BCUT2D eigenvalue weighted by Crippen LogP contribution is 2.18. The number of aliphatic carboxylic acids is 1. The molecule has 0 heterocycles. The van der Waals surface area contributed by atoms with Crippen LogP contribution in [0.15, 0.2) is 24.3 Å². The molecule has 1 aromatic rings. The molecule has 1 atom stereocenters. The average Bonchev–Trinajstić information content (AvgIpc) is 2.16. The summed E-state index contributed by atoms with van der Waals surface area (Å²) in [6.07, 6.45) is -1.00. The van der Waals surface area contributed by atoms with Crippen LogP contribution in [0.2, 0.25) is 0 Å². The number of nitrogens with zero attached hydrogens (tertiary/aromatic N) is 1. The number of rotatable bonds is 3. The lowest BCUT2D eigenvalue weighted by molar-refractivity contribution is -0.138. The normalized spacial score (nSPS) is 12.2. The second-order valence-electron chi connectivity index (χ2n) is 3.18. The number of nitrogens with two attached hydrogens (primary N) is 1. The third-order valence-corrected chi connectivity index (χ3v) is 2.17. The van der Waals surface area contributed by atoms with Crippen LogP contribution in [-0.2, 0) is 4.79 Å². The molecule has 0 radical (unpaired) electrons. The van der Waals surface area contributed by atoms with E-state index in [4.69, 9.17) is 10.8 Å². The molecule has 0 aliphatic carbocycles. The van der Waals surface area contributed by atoms with E-state index in [0.717, 1.165) is 11.3 Å². The van der Waals surface area contributed by atoms with E-state index in [2.05, 4.69) is 0 Å². The van der Waals surface area contributed by atoms with Crippen molar-refractivity contribution >= 4 is 11.7 Å². The predicted octanol–water partition coefficient (Wildman–Crippen LogP) is 0.801. The molecular formula is C10H14N2O2. The zero-order valence-corrected chi connectivity index (χ0v) is 8.27. The van der Waals surface area contributed by atoms with Gasteiger partial charge >= 0.3 is 5.97 Å². The minimum absolute atomic E-state index is 0.836. The van der Waals surface area contributed by atoms with Crippen molar-refractivity contribution < 1.29 is 9.90 Å². The van der Waals surface area contributed by atoms with Gasteiger partial charge in [0.05, 0.1) is 0 Å². The van der Waals surface area contributed by atoms with Gasteiger partial charge in [0.15, 0.2) is 6.17 Å². The van der Waals surface area contributed by atoms with Crippen molar-refractivity contribution in [1.82, 2.24) is 0 Å². The molecule has 0 aromatic heterocycles. The maximum atomic E-state index is 10.7. The van der Waals surface area contributed by atoms with E-state index < -0.39 is 12.1 Å². The first kappa shape index (κ1) is 10.5. The van der Waals surface area contributed by atoms with E-state index in [9.17, 15) is 4.79 Å². The number of benzene rings is 1. The molecule has 14 heavy (non-hydrogen) atoms. The zero-order valence-electron chi connectivity index (χ0n) is 8.27. The number of hydrogen-bond acceptors (Lipinski definition) is 3. The Kier molecular flexibility index (Phi) is 3.09. The highest BCUT2D eigenvalue weighted by Gasteiger charge is 2.18. The molecule has 0 aliphatic rings. The van der Waals surface area contributed by atoms with Gasteiger partial charge in [0.2, 0.25) is 0 Å². The van der Waals surface area contributed by atoms with Crippen LogP contribution in [0.25, 0.3) is 0 Å². The van der Waals surface area contributed by atoms with Crippen molar-refractivity contribution in [1.29, 1.82) is 0 Å². The molecule has 1 unspecified atom stereocenters. The molecule has 3 N–H and O–H groups in total. The summed E-state index contributed by atoms with van der Waals surface area (Å²) >= 11 is 0. The number of aryl methyl sites for hydroxylation is 1. The molecule has 1 rings (SSSR count). The Labute approximate surface area is 82.9 Å². The Morgan fingerprint density at radius 1 is 1.50 bits per heavy atom. The third kappa shape index (κ3) is 2.03. The Balaban J connectivity index is 2.94. The monoisotopic (exact) mass is 194 g/mol. The van der Waals surface area contributed by atoms with E-state index >= 15 is 0 Å². The highest BCUT2D eigenvalue weighted by molar-refractivity contribution is 5.77. The number of carboxylic acid groups (broad SMARTS) is 1. The smallest absolute Gasteiger partial charge is 0.341 e. The molecule has 0 amide bonds. The van der Waals surface area contributed by atoms with Gasteiger partial charge < -0.3 is 15.7 Å². The molecule has 0 saturated heterocycles. The van der Waals surface area contributed by atoms with Crippen molar-refractivity contribution in [3.8, 4) is 0 Å². The first-order valence-electron chi connectivity index (χ1n) is 4.31. The average molecular weight is 194 g/mol. The van der Waals surface area contributed by atoms with Crippen LogP contribution in [0.3, 0.4) is 0 Å². The van der Waals surface area contributed by atoms with Crippen molar-refractivity contribution in [2.45, 2.75) is 13.1 Å². The summed E-state index contributed by atoms with van der Waals surface area (Å²) in [6.45, 7) is 1.92. The van der Waals surface area contributed by atoms with Crippen LogP contribution in [0.4, 0.5) is 5.69 Å². The summed E-state index contributed by atoms with van der Waals surface area (Å²) in [7, 11) is 1.67. The van der Waals surface area contributed by atoms with E-state index in [-0.39, 0.29) is 0 Å². The largest absolute Gasteiger partial charge is 0.479 e. The first-order valence-corrected chi connectivity index (χ1v) is 4.31. The second kappa shape index (κ2) is 4.11. The topological polar surface area (TPSA) is 66.6 Å². The molecule has 0 spiro atoms. The van der Waals surface area contributed by atoms with Crippen LogP contribution < -0.4 is 10.6 Å². The van der Waals surface area contributed by atoms with Crippen LogP contribution in [0, 0.1) is 6.92 Å². The van der Waals surface area contributed by atoms with Crippen LogP contribution in [0.5, 0.6) is 0 Å². The third-order valence-electron chi connectivity index (χ3n) is 2.17. The fourth-order valence-corrected chi connectivity index (χ4v) is 1.27. The van der Waals surface area contributed by atoms with Crippen molar-refractivity contribution in [3.05, 3.63) is 29.8 Å². The Morgan fingerprint density at radius 2 is 2.07 bits per heavy atom. The van der Waals surface area contributed by atoms with Crippen molar-refractivity contribution in [2.24, 2.45) is 5.73 Å². The number of carbonyl (C=O) groups is 1. The number of hydrogen-bond donors (Lipinski definition) is 2. The molecule has 0 aliphatic heterocycles. The molecule has 4 nitrogen and oxygen atoms in total. The minimum atomic E-state index is -1.03. The van der Waals surface area contributed by atoms with Gasteiger partial charge in [-0.3, -0.25) is 0 Å².